The molecule has 0 spiro atoms. The fourth-order valence-electron chi connectivity index (χ4n) is 3.71. The number of methoxy groups -OCH3 is 1. The molecule has 1 heterocycles. The molecule has 0 aliphatic carbocycles. The molecule has 4 rings (SSSR count). The number of fused-ring (bicyclic) bond motifs is 1. The molecule has 188 valence electrons. The summed E-state index contributed by atoms with van der Waals surface area (Å²) in [5, 5.41) is 2.51. The van der Waals surface area contributed by atoms with Gasteiger partial charge in [0, 0.05) is 25.2 Å². The first-order valence-electron chi connectivity index (χ1n) is 11.0. The molecule has 3 aromatic rings. The van der Waals surface area contributed by atoms with Crippen LogP contribution in [-0.4, -0.2) is 47.3 Å². The Balaban J connectivity index is 1.55. The number of sulfonamides is 1. The molecule has 11 heteroatoms. The smallest absolute Gasteiger partial charge is 0.329 e. The number of nitrogens with one attached hydrogen (secondary N) is 2. The van der Waals surface area contributed by atoms with Crippen molar-refractivity contribution in [3.8, 4) is 17.2 Å². The lowest BCUT2D eigenvalue weighted by atomic mass is 10.0. The maximum atomic E-state index is 13.5. The van der Waals surface area contributed by atoms with Gasteiger partial charge in [-0.05, 0) is 29.8 Å². The van der Waals surface area contributed by atoms with E-state index in [9.17, 15) is 18.0 Å². The van der Waals surface area contributed by atoms with Gasteiger partial charge in [0.2, 0.25) is 12.7 Å². The molecule has 0 bridgehead atoms. The predicted octanol–water partition coefficient (Wildman–Crippen LogP) is 2.69. The molecule has 1 aliphatic rings. The lowest BCUT2D eigenvalue weighted by Gasteiger charge is -2.25. The van der Waals surface area contributed by atoms with E-state index in [-0.39, 0.29) is 23.9 Å². The van der Waals surface area contributed by atoms with E-state index in [2.05, 4.69) is 5.32 Å². The van der Waals surface area contributed by atoms with Gasteiger partial charge in [-0.2, -0.15) is 0 Å². The van der Waals surface area contributed by atoms with Gasteiger partial charge in [0.1, 0.15) is 16.7 Å². The van der Waals surface area contributed by atoms with E-state index >= 15 is 0 Å². The zero-order valence-corrected chi connectivity index (χ0v) is 20.4. The van der Waals surface area contributed by atoms with E-state index in [1.54, 1.807) is 31.3 Å². The topological polar surface area (TPSA) is 123 Å². The maximum Gasteiger partial charge on any atom is 0.329 e. The minimum atomic E-state index is -4.27. The Morgan fingerprint density at radius 2 is 1.69 bits per heavy atom. The van der Waals surface area contributed by atoms with Crippen LogP contribution in [0.2, 0.25) is 0 Å². The molecule has 1 unspecified atom stereocenters. The van der Waals surface area contributed by atoms with Gasteiger partial charge in [-0.25, -0.2) is 17.9 Å². The molecule has 1 aliphatic heterocycles. The molecular weight excluding hydrogens is 486 g/mol. The Kier molecular flexibility index (Phi) is 7.30. The summed E-state index contributed by atoms with van der Waals surface area (Å²) in [5.74, 6) is 0.694. The summed E-state index contributed by atoms with van der Waals surface area (Å²) in [5.41, 5.74) is 1.30. The molecule has 10 nitrogen and oxygen atoms in total. The van der Waals surface area contributed by atoms with E-state index < -0.39 is 28.0 Å². The predicted molar refractivity (Wildman–Crippen MR) is 132 cm³/mol. The number of hydrogen-bond acceptors (Lipinski definition) is 7. The van der Waals surface area contributed by atoms with Gasteiger partial charge in [-0.3, -0.25) is 4.79 Å². The highest BCUT2D eigenvalue weighted by atomic mass is 32.2. The third-order valence-corrected chi connectivity index (χ3v) is 6.92. The van der Waals surface area contributed by atoms with Crippen LogP contribution in [0.25, 0.3) is 0 Å². The largest absolute Gasteiger partial charge is 0.495 e. The van der Waals surface area contributed by atoms with Crippen molar-refractivity contribution in [3.05, 3.63) is 78.4 Å². The van der Waals surface area contributed by atoms with Crippen molar-refractivity contribution < 1.29 is 32.2 Å². The van der Waals surface area contributed by atoms with Crippen molar-refractivity contribution in [3.63, 3.8) is 0 Å². The van der Waals surface area contributed by atoms with Gasteiger partial charge in [-0.1, -0.05) is 42.5 Å². The standard InChI is InChI=1S/C25H25N3O7S/c1-28(18-12-13-20-22(15-18)35-16-34-20)24(29)19(14-17-8-4-3-5-9-17)26-25(30)27-36(31,32)23-11-7-6-10-21(23)33-2/h3-13,15,19H,14,16H2,1-2H3,(H2,26,27,30). The summed E-state index contributed by atoms with van der Waals surface area (Å²) in [7, 11) is -1.38. The second-order valence-electron chi connectivity index (χ2n) is 7.91. The van der Waals surface area contributed by atoms with Crippen LogP contribution in [0.5, 0.6) is 17.2 Å². The first-order chi connectivity index (χ1) is 17.3. The summed E-state index contributed by atoms with van der Waals surface area (Å²) < 4.78 is 43.4. The molecule has 2 N–H and O–H groups in total. The van der Waals surface area contributed by atoms with Crippen LogP contribution >= 0.6 is 0 Å². The normalized spacial score (nSPS) is 12.9. The summed E-state index contributed by atoms with van der Waals surface area (Å²) in [6, 6.07) is 17.9. The quantitative estimate of drug-likeness (QED) is 0.477. The first kappa shape index (κ1) is 24.9. The number of hydrogen-bond donors (Lipinski definition) is 2. The van der Waals surface area contributed by atoms with E-state index in [1.165, 1.54) is 30.2 Å². The number of benzene rings is 3. The van der Waals surface area contributed by atoms with E-state index in [1.807, 2.05) is 35.1 Å². The molecular formula is C25H25N3O7S. The van der Waals surface area contributed by atoms with Gasteiger partial charge in [0.25, 0.3) is 10.0 Å². The van der Waals surface area contributed by atoms with Crippen molar-refractivity contribution in [2.45, 2.75) is 17.4 Å². The fraction of sp³-hybridized carbons (Fsp3) is 0.200. The molecule has 36 heavy (non-hydrogen) atoms. The number of anilines is 1. The lowest BCUT2D eigenvalue weighted by molar-refractivity contribution is -0.120. The SMILES string of the molecule is COc1ccccc1S(=O)(=O)NC(=O)NC(Cc1ccccc1)C(=O)N(C)c1ccc2c(c1)OCO2. The molecule has 0 saturated carbocycles. The number of para-hydroxylation sites is 1. The minimum Gasteiger partial charge on any atom is -0.495 e. The first-order valence-corrected chi connectivity index (χ1v) is 12.4. The maximum absolute atomic E-state index is 13.5. The average Bonchev–Trinajstić information content (AvgIpc) is 3.35. The Bertz CT molecular complexity index is 1360. The summed E-state index contributed by atoms with van der Waals surface area (Å²) in [6.45, 7) is 0.0927. The molecule has 0 fully saturated rings. The molecule has 0 aromatic heterocycles. The molecule has 0 radical (unpaired) electrons. The number of amides is 3. The van der Waals surface area contributed by atoms with Crippen molar-refractivity contribution in [1.29, 1.82) is 0 Å². The zero-order valence-electron chi connectivity index (χ0n) is 19.6. The highest BCUT2D eigenvalue weighted by Crippen LogP contribution is 2.35. The van der Waals surface area contributed by atoms with Crippen molar-refractivity contribution >= 4 is 27.6 Å². The van der Waals surface area contributed by atoms with Crippen LogP contribution in [0, 0.1) is 0 Å². The van der Waals surface area contributed by atoms with Crippen molar-refractivity contribution in [2.24, 2.45) is 0 Å². The number of carbonyl (C=O) groups is 2. The van der Waals surface area contributed by atoms with E-state index in [0.717, 1.165) is 5.56 Å². The van der Waals surface area contributed by atoms with E-state index in [4.69, 9.17) is 14.2 Å². The molecule has 0 saturated heterocycles. The summed E-state index contributed by atoms with van der Waals surface area (Å²) in [6.07, 6.45) is 0.136. The number of nitrogens with zero attached hydrogens (tertiary/aromatic N) is 1. The number of carbonyl (C=O) groups excluding carboxylic acids is 2. The molecule has 3 amide bonds. The van der Waals surface area contributed by atoms with Gasteiger partial charge >= 0.3 is 6.03 Å². The number of rotatable bonds is 8. The molecule has 3 aromatic carbocycles. The summed E-state index contributed by atoms with van der Waals surface area (Å²) in [4.78, 5) is 27.4. The average molecular weight is 512 g/mol. The third kappa shape index (κ3) is 5.52. The van der Waals surface area contributed by atoms with Crippen LogP contribution in [0.3, 0.4) is 0 Å². The fourth-order valence-corrected chi connectivity index (χ4v) is 4.80. The number of urea groups is 1. The Labute approximate surface area is 208 Å². The van der Waals surface area contributed by atoms with Gasteiger partial charge in [-0.15, -0.1) is 0 Å². The Hall–Kier alpha value is -4.25. The van der Waals surface area contributed by atoms with Crippen LogP contribution in [0.1, 0.15) is 5.56 Å². The zero-order chi connectivity index (χ0) is 25.7. The number of likely N-dealkylation sites (N-methyl/N-ethyl adjacent to an activating group) is 1. The second-order valence-corrected chi connectivity index (χ2v) is 9.56. The van der Waals surface area contributed by atoms with Crippen LogP contribution in [0.15, 0.2) is 77.7 Å². The highest BCUT2D eigenvalue weighted by Gasteiger charge is 2.29. The minimum absolute atomic E-state index is 0.0808. The van der Waals surface area contributed by atoms with Crippen LogP contribution in [0.4, 0.5) is 10.5 Å². The van der Waals surface area contributed by atoms with Crippen LogP contribution in [-0.2, 0) is 21.2 Å². The second kappa shape index (κ2) is 10.6. The van der Waals surface area contributed by atoms with Gasteiger partial charge < -0.3 is 24.4 Å². The van der Waals surface area contributed by atoms with E-state index in [0.29, 0.717) is 17.2 Å². The Morgan fingerprint density at radius 1 is 1.00 bits per heavy atom. The van der Waals surface area contributed by atoms with Gasteiger partial charge in [0.15, 0.2) is 11.5 Å². The Morgan fingerprint density at radius 3 is 2.44 bits per heavy atom. The summed E-state index contributed by atoms with van der Waals surface area (Å²) >= 11 is 0. The van der Waals surface area contributed by atoms with Gasteiger partial charge in [0.05, 0.1) is 7.11 Å². The highest BCUT2D eigenvalue weighted by molar-refractivity contribution is 7.90. The lowest BCUT2D eigenvalue weighted by Crippen LogP contribution is -2.52. The monoisotopic (exact) mass is 511 g/mol. The van der Waals surface area contributed by atoms with Crippen molar-refractivity contribution in [2.75, 3.05) is 25.9 Å². The third-order valence-electron chi connectivity index (χ3n) is 5.55. The molecule has 1 atom stereocenters. The van der Waals surface area contributed by atoms with Crippen molar-refractivity contribution in [1.82, 2.24) is 10.0 Å². The van der Waals surface area contributed by atoms with Crippen LogP contribution < -0.4 is 29.1 Å². The number of ether oxygens (including phenoxy) is 3.